The highest BCUT2D eigenvalue weighted by molar-refractivity contribution is 4.84. The third kappa shape index (κ3) is 36.5. The van der Waals surface area contributed by atoms with Crippen LogP contribution in [0, 0.1) is 0 Å². The zero-order valence-electron chi connectivity index (χ0n) is 6.91. The van der Waals surface area contributed by atoms with Gasteiger partial charge in [0.1, 0.15) is 0 Å². The van der Waals surface area contributed by atoms with E-state index in [0.717, 1.165) is 12.8 Å². The Morgan fingerprint density at radius 2 is 1.67 bits per heavy atom. The molecule has 0 amide bonds. The van der Waals surface area contributed by atoms with Gasteiger partial charge < -0.3 is 0 Å². The normalized spacial score (nSPS) is 7.00. The van der Waals surface area contributed by atoms with Gasteiger partial charge in [0, 0.05) is 0 Å². The maximum atomic E-state index is 3.67. The minimum atomic E-state index is 1.08. The summed E-state index contributed by atoms with van der Waals surface area (Å²) in [7, 11) is 0. The lowest BCUT2D eigenvalue weighted by Gasteiger charge is -1.79. The van der Waals surface area contributed by atoms with Crippen molar-refractivity contribution >= 4 is 0 Å². The lowest BCUT2D eigenvalue weighted by Crippen LogP contribution is -1.58. The van der Waals surface area contributed by atoms with Gasteiger partial charge in [0.25, 0.3) is 0 Å². The summed E-state index contributed by atoms with van der Waals surface area (Å²) in [5, 5.41) is 0. The largest absolute Gasteiger partial charge is 0.103 e. The molecule has 0 bridgehead atoms. The zero-order chi connectivity index (χ0) is 7.70. The first-order chi connectivity index (χ1) is 4.18. The van der Waals surface area contributed by atoms with Crippen LogP contribution in [0.1, 0.15) is 33.6 Å². The van der Waals surface area contributed by atoms with Crippen molar-refractivity contribution in [3.05, 3.63) is 24.8 Å². The molecule has 0 aromatic heterocycles. The predicted molar refractivity (Wildman–Crippen MR) is 45.6 cm³/mol. The Balaban J connectivity index is 0. The first kappa shape index (κ1) is 11.3. The SMILES string of the molecule is C=C(C)CC.C=CCC. The molecule has 0 atom stereocenters. The van der Waals surface area contributed by atoms with E-state index in [1.807, 2.05) is 13.0 Å². The van der Waals surface area contributed by atoms with Gasteiger partial charge in [-0.1, -0.05) is 25.5 Å². The molecule has 0 rings (SSSR count). The Morgan fingerprint density at radius 3 is 1.67 bits per heavy atom. The Hall–Kier alpha value is -0.520. The van der Waals surface area contributed by atoms with E-state index in [4.69, 9.17) is 0 Å². The van der Waals surface area contributed by atoms with Gasteiger partial charge in [-0.3, -0.25) is 0 Å². The molecule has 0 heterocycles. The molecule has 9 heavy (non-hydrogen) atoms. The summed E-state index contributed by atoms with van der Waals surface area (Å²) < 4.78 is 0. The van der Waals surface area contributed by atoms with Crippen LogP contribution >= 0.6 is 0 Å². The number of rotatable bonds is 2. The van der Waals surface area contributed by atoms with Crippen LogP contribution in [0.5, 0.6) is 0 Å². The second-order valence-electron chi connectivity index (χ2n) is 2.01. The molecule has 0 saturated heterocycles. The smallest absolute Gasteiger partial charge is 0.0354 e. The fraction of sp³-hybridized carbons (Fsp3) is 0.556. The van der Waals surface area contributed by atoms with Crippen LogP contribution in [-0.4, -0.2) is 0 Å². The van der Waals surface area contributed by atoms with Gasteiger partial charge in [-0.25, -0.2) is 0 Å². The predicted octanol–water partition coefficient (Wildman–Crippen LogP) is 3.55. The molecule has 0 saturated carbocycles. The van der Waals surface area contributed by atoms with Gasteiger partial charge >= 0.3 is 0 Å². The quantitative estimate of drug-likeness (QED) is 0.496. The summed E-state index contributed by atoms with van der Waals surface area (Å²) in [6, 6.07) is 0. The number of allylic oxidation sites excluding steroid dienone is 2. The summed E-state index contributed by atoms with van der Waals surface area (Å²) in [5.74, 6) is 0. The Morgan fingerprint density at radius 1 is 1.44 bits per heavy atom. The summed E-state index contributed by atoms with van der Waals surface area (Å²) in [6.45, 7) is 13.3. The van der Waals surface area contributed by atoms with Crippen molar-refractivity contribution in [1.82, 2.24) is 0 Å². The first-order valence-electron chi connectivity index (χ1n) is 3.44. The van der Waals surface area contributed by atoms with Crippen LogP contribution in [0.15, 0.2) is 24.8 Å². The molecule has 0 spiro atoms. The molecule has 0 N–H and O–H groups in total. The molecule has 54 valence electrons. The van der Waals surface area contributed by atoms with E-state index in [9.17, 15) is 0 Å². The molecule has 0 heteroatoms. The average molecular weight is 126 g/mol. The highest BCUT2D eigenvalue weighted by Crippen LogP contribution is 1.88. The number of hydrogen-bond acceptors (Lipinski definition) is 0. The van der Waals surface area contributed by atoms with Crippen LogP contribution in [0.3, 0.4) is 0 Å². The van der Waals surface area contributed by atoms with E-state index < -0.39 is 0 Å². The molecule has 0 nitrogen and oxygen atoms in total. The maximum absolute atomic E-state index is 3.67. The van der Waals surface area contributed by atoms with E-state index in [1.54, 1.807) is 0 Å². The van der Waals surface area contributed by atoms with Crippen LogP contribution < -0.4 is 0 Å². The molecule has 0 aromatic rings. The standard InChI is InChI=1S/C5H10.C4H8/c1-4-5(2)3;1-3-4-2/h2,4H2,1,3H3;3H,1,4H2,2H3. The summed E-state index contributed by atoms with van der Waals surface area (Å²) in [4.78, 5) is 0. The summed E-state index contributed by atoms with van der Waals surface area (Å²) >= 11 is 0. The Bertz CT molecular complexity index is 70.1. The van der Waals surface area contributed by atoms with Crippen molar-refractivity contribution in [2.45, 2.75) is 33.6 Å². The van der Waals surface area contributed by atoms with Crippen molar-refractivity contribution in [1.29, 1.82) is 0 Å². The minimum absolute atomic E-state index is 1.08. The van der Waals surface area contributed by atoms with Gasteiger partial charge in [0.15, 0.2) is 0 Å². The van der Waals surface area contributed by atoms with Crippen molar-refractivity contribution in [3.63, 3.8) is 0 Å². The van der Waals surface area contributed by atoms with Crippen molar-refractivity contribution in [3.8, 4) is 0 Å². The van der Waals surface area contributed by atoms with Crippen LogP contribution in [0.25, 0.3) is 0 Å². The fourth-order valence-corrected chi connectivity index (χ4v) is 0. The third-order valence-electron chi connectivity index (χ3n) is 0.892. The van der Waals surface area contributed by atoms with Crippen molar-refractivity contribution in [2.75, 3.05) is 0 Å². The van der Waals surface area contributed by atoms with Gasteiger partial charge in [0.05, 0.1) is 0 Å². The lowest BCUT2D eigenvalue weighted by atomic mass is 10.3. The van der Waals surface area contributed by atoms with E-state index >= 15 is 0 Å². The number of hydrogen-bond donors (Lipinski definition) is 0. The summed E-state index contributed by atoms with van der Waals surface area (Å²) in [6.07, 6.45) is 4.07. The summed E-state index contributed by atoms with van der Waals surface area (Å²) in [5.41, 5.74) is 1.25. The topological polar surface area (TPSA) is 0 Å². The molecule has 0 unspecified atom stereocenters. The molecular weight excluding hydrogens is 108 g/mol. The van der Waals surface area contributed by atoms with Crippen molar-refractivity contribution < 1.29 is 0 Å². The maximum Gasteiger partial charge on any atom is -0.0354 e. The van der Waals surface area contributed by atoms with Crippen molar-refractivity contribution in [2.24, 2.45) is 0 Å². The van der Waals surface area contributed by atoms with E-state index in [1.165, 1.54) is 5.57 Å². The van der Waals surface area contributed by atoms with E-state index in [0.29, 0.717) is 0 Å². The second-order valence-corrected chi connectivity index (χ2v) is 2.01. The van der Waals surface area contributed by atoms with E-state index in [-0.39, 0.29) is 0 Å². The molecule has 0 aromatic carbocycles. The van der Waals surface area contributed by atoms with E-state index in [2.05, 4.69) is 27.0 Å². The second kappa shape index (κ2) is 10.5. The van der Waals surface area contributed by atoms with Crippen LogP contribution in [-0.2, 0) is 0 Å². The average Bonchev–Trinajstić information content (AvgIpc) is 1.89. The highest BCUT2D eigenvalue weighted by Gasteiger charge is 1.67. The molecule has 0 aliphatic carbocycles. The third-order valence-corrected chi connectivity index (χ3v) is 0.892. The Labute approximate surface area is 59.3 Å². The Kier molecular flexibility index (Phi) is 13.1. The van der Waals surface area contributed by atoms with Gasteiger partial charge in [-0.05, 0) is 19.8 Å². The van der Waals surface area contributed by atoms with Crippen LogP contribution in [0.4, 0.5) is 0 Å². The van der Waals surface area contributed by atoms with Gasteiger partial charge in [0.2, 0.25) is 0 Å². The minimum Gasteiger partial charge on any atom is -0.103 e. The van der Waals surface area contributed by atoms with Crippen LogP contribution in [0.2, 0.25) is 0 Å². The molecule has 0 aliphatic rings. The molecule has 0 radical (unpaired) electrons. The molecule has 0 fully saturated rings. The zero-order valence-corrected chi connectivity index (χ0v) is 6.91. The fourth-order valence-electron chi connectivity index (χ4n) is 0. The van der Waals surface area contributed by atoms with Gasteiger partial charge in [-0.15, -0.1) is 13.2 Å². The highest BCUT2D eigenvalue weighted by atomic mass is 13.7. The van der Waals surface area contributed by atoms with Gasteiger partial charge in [-0.2, -0.15) is 0 Å². The monoisotopic (exact) mass is 126 g/mol. The lowest BCUT2D eigenvalue weighted by molar-refractivity contribution is 1.11. The molecular formula is C9H18. The first-order valence-corrected chi connectivity index (χ1v) is 3.44. The molecule has 0 aliphatic heterocycles.